The van der Waals surface area contributed by atoms with Crippen molar-refractivity contribution in [2.45, 2.75) is 19.8 Å². The molecule has 1 rings (SSSR count). The highest BCUT2D eigenvalue weighted by Gasteiger charge is 2.14. The van der Waals surface area contributed by atoms with Crippen LogP contribution >= 0.6 is 23.2 Å². The second-order valence-electron chi connectivity index (χ2n) is 3.50. The second kappa shape index (κ2) is 5.98. The lowest BCUT2D eigenvalue weighted by atomic mass is 10.1. The average Bonchev–Trinajstić information content (AvgIpc) is 2.25. The van der Waals surface area contributed by atoms with Crippen molar-refractivity contribution < 1.29 is 9.90 Å². The molecule has 0 aliphatic heterocycles. The first-order valence-electron chi connectivity index (χ1n) is 4.96. The Labute approximate surface area is 109 Å². The van der Waals surface area contributed by atoms with Crippen molar-refractivity contribution in [2.24, 2.45) is 4.99 Å². The summed E-state index contributed by atoms with van der Waals surface area (Å²) in [5.74, 6) is -0.116. The van der Waals surface area contributed by atoms with E-state index in [-0.39, 0.29) is 21.7 Å². The molecule has 0 aromatic carbocycles. The quantitative estimate of drug-likeness (QED) is 0.678. The van der Waals surface area contributed by atoms with Crippen LogP contribution in [0.25, 0.3) is 0 Å². The molecule has 0 saturated heterocycles. The van der Waals surface area contributed by atoms with Gasteiger partial charge in [-0.3, -0.25) is 4.99 Å². The van der Waals surface area contributed by atoms with Crippen LogP contribution in [-0.2, 0) is 4.79 Å². The number of aromatic hydroxyl groups is 1. The Bertz CT molecular complexity index is 473. The van der Waals surface area contributed by atoms with E-state index in [0.717, 1.165) is 0 Å². The number of hydrogen-bond acceptors (Lipinski definition) is 4. The van der Waals surface area contributed by atoms with Gasteiger partial charge in [-0.2, -0.15) is 0 Å². The number of halogens is 2. The predicted octanol–water partition coefficient (Wildman–Crippen LogP) is 2.88. The number of ketones is 1. The highest BCUT2D eigenvalue weighted by molar-refractivity contribution is 6.35. The van der Waals surface area contributed by atoms with Crippen LogP contribution < -0.4 is 0 Å². The van der Waals surface area contributed by atoms with Crippen molar-refractivity contribution in [2.75, 3.05) is 7.05 Å². The normalized spacial score (nSPS) is 11.6. The maximum absolute atomic E-state index is 10.9. The van der Waals surface area contributed by atoms with Crippen molar-refractivity contribution in [1.29, 1.82) is 0 Å². The van der Waals surface area contributed by atoms with Gasteiger partial charge in [-0.05, 0) is 13.3 Å². The fourth-order valence-electron chi connectivity index (χ4n) is 1.29. The summed E-state index contributed by atoms with van der Waals surface area (Å²) >= 11 is 11.7. The van der Waals surface area contributed by atoms with Gasteiger partial charge in [-0.25, -0.2) is 4.98 Å². The number of aromatic nitrogens is 1. The molecule has 1 N–H and O–H groups in total. The van der Waals surface area contributed by atoms with E-state index in [4.69, 9.17) is 23.2 Å². The summed E-state index contributed by atoms with van der Waals surface area (Å²) in [6.07, 6.45) is 0.808. The van der Waals surface area contributed by atoms with Crippen molar-refractivity contribution >= 4 is 34.7 Å². The molecule has 0 amide bonds. The van der Waals surface area contributed by atoms with Gasteiger partial charge in [0.05, 0.1) is 10.7 Å². The maximum atomic E-state index is 10.9. The number of nitrogens with zero attached hydrogens (tertiary/aromatic N) is 2. The van der Waals surface area contributed by atoms with E-state index < -0.39 is 0 Å². The Morgan fingerprint density at radius 1 is 1.47 bits per heavy atom. The van der Waals surface area contributed by atoms with Gasteiger partial charge in [0.25, 0.3) is 0 Å². The molecule has 0 spiro atoms. The van der Waals surface area contributed by atoms with Crippen LogP contribution in [0.5, 0.6) is 5.75 Å². The van der Waals surface area contributed by atoms with Crippen LogP contribution in [0.15, 0.2) is 11.1 Å². The van der Waals surface area contributed by atoms with Gasteiger partial charge >= 0.3 is 0 Å². The SMILES string of the molecule is CN=C(CCC(C)=O)c1nc(Cl)c(O)cc1Cl. The zero-order valence-electron chi connectivity index (χ0n) is 9.50. The van der Waals surface area contributed by atoms with Gasteiger partial charge in [0, 0.05) is 19.5 Å². The smallest absolute Gasteiger partial charge is 0.171 e. The van der Waals surface area contributed by atoms with E-state index in [1.54, 1.807) is 7.05 Å². The molecule has 0 radical (unpaired) electrons. The Morgan fingerprint density at radius 2 is 2.12 bits per heavy atom. The number of carbonyl (C=O) groups excluding carboxylic acids is 1. The van der Waals surface area contributed by atoms with Crippen LogP contribution in [0.1, 0.15) is 25.5 Å². The lowest BCUT2D eigenvalue weighted by molar-refractivity contribution is -0.116. The van der Waals surface area contributed by atoms with Gasteiger partial charge in [0.15, 0.2) is 10.9 Å². The number of pyridine rings is 1. The van der Waals surface area contributed by atoms with Crippen molar-refractivity contribution in [3.63, 3.8) is 0 Å². The molecule has 0 aliphatic rings. The Morgan fingerprint density at radius 3 is 2.65 bits per heavy atom. The Hall–Kier alpha value is -1.13. The summed E-state index contributed by atoms with van der Waals surface area (Å²) in [6, 6.07) is 1.31. The third-order valence-corrected chi connectivity index (χ3v) is 2.73. The van der Waals surface area contributed by atoms with E-state index >= 15 is 0 Å². The third kappa shape index (κ3) is 3.68. The molecule has 0 fully saturated rings. The summed E-state index contributed by atoms with van der Waals surface area (Å²) in [4.78, 5) is 18.9. The molecule has 1 heterocycles. The highest BCUT2D eigenvalue weighted by Crippen LogP contribution is 2.27. The molecule has 1 aromatic heterocycles. The molecular formula is C11H12Cl2N2O2. The summed E-state index contributed by atoms with van der Waals surface area (Å²) in [5, 5.41) is 9.55. The van der Waals surface area contributed by atoms with E-state index in [9.17, 15) is 9.90 Å². The molecule has 0 aliphatic carbocycles. The molecular weight excluding hydrogens is 263 g/mol. The van der Waals surface area contributed by atoms with Gasteiger partial charge in [-0.1, -0.05) is 23.2 Å². The first kappa shape index (κ1) is 13.9. The molecule has 0 atom stereocenters. The number of rotatable bonds is 4. The topological polar surface area (TPSA) is 62.5 Å². The van der Waals surface area contributed by atoms with Crippen LogP contribution in [-0.4, -0.2) is 28.6 Å². The molecule has 0 bridgehead atoms. The summed E-state index contributed by atoms with van der Waals surface area (Å²) < 4.78 is 0. The molecule has 92 valence electrons. The number of hydrogen-bond donors (Lipinski definition) is 1. The van der Waals surface area contributed by atoms with Crippen LogP contribution in [0, 0.1) is 0 Å². The lowest BCUT2D eigenvalue weighted by Crippen LogP contribution is -2.07. The van der Waals surface area contributed by atoms with E-state index in [2.05, 4.69) is 9.98 Å². The fourth-order valence-corrected chi connectivity index (χ4v) is 1.68. The minimum Gasteiger partial charge on any atom is -0.505 e. The van der Waals surface area contributed by atoms with E-state index in [1.807, 2.05) is 0 Å². The minimum absolute atomic E-state index is 0.0339. The van der Waals surface area contributed by atoms with Crippen LogP contribution in [0.3, 0.4) is 0 Å². The van der Waals surface area contributed by atoms with Crippen molar-refractivity contribution in [3.05, 3.63) is 21.9 Å². The largest absolute Gasteiger partial charge is 0.505 e. The van der Waals surface area contributed by atoms with Crippen molar-refractivity contribution in [1.82, 2.24) is 4.98 Å². The van der Waals surface area contributed by atoms with Gasteiger partial charge in [0.2, 0.25) is 0 Å². The number of carbonyl (C=O) groups is 1. The van der Waals surface area contributed by atoms with Gasteiger partial charge in [0.1, 0.15) is 11.5 Å². The molecule has 1 aromatic rings. The van der Waals surface area contributed by atoms with Gasteiger partial charge < -0.3 is 9.90 Å². The molecule has 4 nitrogen and oxygen atoms in total. The van der Waals surface area contributed by atoms with Gasteiger partial charge in [-0.15, -0.1) is 0 Å². The first-order chi connectivity index (χ1) is 7.95. The van der Waals surface area contributed by atoms with Crippen LogP contribution in [0.4, 0.5) is 0 Å². The molecule has 0 unspecified atom stereocenters. The number of Topliss-reactive ketones (excluding diaryl/α,β-unsaturated/α-hetero) is 1. The lowest BCUT2D eigenvalue weighted by Gasteiger charge is -2.07. The van der Waals surface area contributed by atoms with Crippen LogP contribution in [0.2, 0.25) is 10.2 Å². The summed E-state index contributed by atoms with van der Waals surface area (Å²) in [6.45, 7) is 1.51. The minimum atomic E-state index is -0.178. The first-order valence-corrected chi connectivity index (χ1v) is 5.71. The third-order valence-electron chi connectivity index (χ3n) is 2.17. The average molecular weight is 275 g/mol. The maximum Gasteiger partial charge on any atom is 0.171 e. The predicted molar refractivity (Wildman–Crippen MR) is 68.3 cm³/mol. The van der Waals surface area contributed by atoms with Crippen molar-refractivity contribution in [3.8, 4) is 5.75 Å². The molecule has 6 heteroatoms. The zero-order chi connectivity index (χ0) is 13.0. The summed E-state index contributed by atoms with van der Waals surface area (Å²) in [7, 11) is 1.59. The molecule has 0 saturated carbocycles. The fraction of sp³-hybridized carbons (Fsp3) is 0.364. The Balaban J connectivity index is 3.05. The molecule has 17 heavy (non-hydrogen) atoms. The van der Waals surface area contributed by atoms with E-state index in [0.29, 0.717) is 24.2 Å². The van der Waals surface area contributed by atoms with E-state index in [1.165, 1.54) is 13.0 Å². The zero-order valence-corrected chi connectivity index (χ0v) is 11.0. The standard InChI is InChI=1S/C11H12Cl2N2O2/c1-6(16)3-4-8(14-2)10-7(12)5-9(17)11(13)15-10/h5,17H,3-4H2,1-2H3. The Kier molecular flexibility index (Phi) is 4.90. The second-order valence-corrected chi connectivity index (χ2v) is 4.27. The summed E-state index contributed by atoms with van der Waals surface area (Å²) in [5.41, 5.74) is 0.991. The highest BCUT2D eigenvalue weighted by atomic mass is 35.5. The number of aliphatic imine (C=N–C) groups is 1. The monoisotopic (exact) mass is 274 g/mol.